The van der Waals surface area contributed by atoms with Crippen LogP contribution in [0.4, 0.5) is 0 Å². The van der Waals surface area contributed by atoms with Crippen molar-refractivity contribution >= 4 is 0 Å². The largest absolute Gasteiger partial charge is 0.390 e. The average Bonchev–Trinajstić information content (AvgIpc) is 2.66. The van der Waals surface area contributed by atoms with Crippen molar-refractivity contribution in [2.24, 2.45) is 5.92 Å². The van der Waals surface area contributed by atoms with Gasteiger partial charge in [0.2, 0.25) is 0 Å². The maximum absolute atomic E-state index is 10.2. The summed E-state index contributed by atoms with van der Waals surface area (Å²) in [5.74, 6) is -0.319. The Hall–Kier alpha value is -0.380. The lowest BCUT2D eigenvalue weighted by Crippen LogP contribution is -2.41. The maximum atomic E-state index is 10.2. The molecule has 2 atom stereocenters. The first kappa shape index (κ1) is 13.7. The molecule has 0 saturated carbocycles. The van der Waals surface area contributed by atoms with Crippen molar-refractivity contribution in [3.63, 3.8) is 0 Å². The number of rotatable bonds is 6. The zero-order valence-corrected chi connectivity index (χ0v) is 10.7. The normalized spacial score (nSPS) is 25.0. The zero-order chi connectivity index (χ0) is 12.2. The van der Waals surface area contributed by atoms with Gasteiger partial charge in [0, 0.05) is 5.92 Å². The van der Waals surface area contributed by atoms with Crippen molar-refractivity contribution < 1.29 is 14.6 Å². The summed E-state index contributed by atoms with van der Waals surface area (Å²) in [5.41, 5.74) is -0.724. The molecule has 1 rings (SSSR count). The molecule has 3 heteroatoms. The number of hydrogen-bond donors (Lipinski definition) is 1. The van der Waals surface area contributed by atoms with E-state index in [-0.39, 0.29) is 5.92 Å². The predicted octanol–water partition coefficient (Wildman–Crippen LogP) is 2.49. The van der Waals surface area contributed by atoms with Gasteiger partial charge in [-0.3, -0.25) is 0 Å². The third-order valence-corrected chi connectivity index (χ3v) is 3.35. The summed E-state index contributed by atoms with van der Waals surface area (Å²) < 4.78 is 11.4. The van der Waals surface area contributed by atoms with Gasteiger partial charge in [-0.1, -0.05) is 19.9 Å². The van der Waals surface area contributed by atoms with Crippen LogP contribution >= 0.6 is 0 Å². The Labute approximate surface area is 98.4 Å². The average molecular weight is 228 g/mol. The van der Waals surface area contributed by atoms with Crippen LogP contribution in [0.2, 0.25) is 0 Å². The summed E-state index contributed by atoms with van der Waals surface area (Å²) >= 11 is 0. The van der Waals surface area contributed by atoms with E-state index in [1.54, 1.807) is 6.08 Å². The molecule has 0 aromatic heterocycles. The highest BCUT2D eigenvalue weighted by molar-refractivity contribution is 4.89. The van der Waals surface area contributed by atoms with E-state index in [0.717, 1.165) is 6.42 Å². The van der Waals surface area contributed by atoms with E-state index in [2.05, 4.69) is 20.4 Å². The van der Waals surface area contributed by atoms with Crippen LogP contribution in [0.1, 0.15) is 40.0 Å². The van der Waals surface area contributed by atoms with Crippen molar-refractivity contribution in [3.05, 3.63) is 12.7 Å². The maximum Gasteiger partial charge on any atom is 0.170 e. The topological polar surface area (TPSA) is 38.7 Å². The molecule has 1 saturated heterocycles. The molecule has 1 fully saturated rings. The molecule has 1 aliphatic heterocycles. The molecule has 0 spiro atoms. The SMILES string of the molecule is C=CCC(C)(O)CC(C)C1(CC)OCCO1. The van der Waals surface area contributed by atoms with E-state index < -0.39 is 11.4 Å². The molecule has 0 aromatic carbocycles. The number of aliphatic hydroxyl groups is 1. The molecular weight excluding hydrogens is 204 g/mol. The van der Waals surface area contributed by atoms with Gasteiger partial charge in [0.05, 0.1) is 18.8 Å². The molecule has 0 bridgehead atoms. The van der Waals surface area contributed by atoms with Gasteiger partial charge in [0.15, 0.2) is 5.79 Å². The summed E-state index contributed by atoms with van der Waals surface area (Å²) in [6, 6.07) is 0. The van der Waals surface area contributed by atoms with Crippen LogP contribution in [0.5, 0.6) is 0 Å². The van der Waals surface area contributed by atoms with Crippen LogP contribution in [0.15, 0.2) is 12.7 Å². The Bertz CT molecular complexity index is 229. The van der Waals surface area contributed by atoms with E-state index in [9.17, 15) is 5.11 Å². The summed E-state index contributed by atoms with van der Waals surface area (Å²) in [5, 5.41) is 10.2. The lowest BCUT2D eigenvalue weighted by molar-refractivity contribution is -0.203. The Balaban J connectivity index is 2.62. The highest BCUT2D eigenvalue weighted by Gasteiger charge is 2.42. The monoisotopic (exact) mass is 228 g/mol. The lowest BCUT2D eigenvalue weighted by Gasteiger charge is -2.36. The van der Waals surface area contributed by atoms with Gasteiger partial charge in [0.25, 0.3) is 0 Å². The molecule has 3 nitrogen and oxygen atoms in total. The first-order valence-electron chi connectivity index (χ1n) is 6.07. The molecule has 1 heterocycles. The van der Waals surface area contributed by atoms with E-state index in [1.165, 1.54) is 0 Å². The zero-order valence-electron chi connectivity index (χ0n) is 10.7. The Morgan fingerprint density at radius 3 is 2.50 bits per heavy atom. The molecular formula is C13H24O3. The fourth-order valence-corrected chi connectivity index (χ4v) is 2.52. The second-order valence-electron chi connectivity index (χ2n) is 4.96. The second-order valence-corrected chi connectivity index (χ2v) is 4.96. The Morgan fingerprint density at radius 2 is 2.06 bits per heavy atom. The molecule has 0 aliphatic carbocycles. The van der Waals surface area contributed by atoms with Gasteiger partial charge in [-0.25, -0.2) is 0 Å². The molecule has 2 unspecified atom stereocenters. The van der Waals surface area contributed by atoms with E-state index >= 15 is 0 Å². The quantitative estimate of drug-likeness (QED) is 0.710. The van der Waals surface area contributed by atoms with Gasteiger partial charge in [-0.05, 0) is 26.2 Å². The van der Waals surface area contributed by atoms with E-state index in [4.69, 9.17) is 9.47 Å². The first-order chi connectivity index (χ1) is 7.46. The van der Waals surface area contributed by atoms with Gasteiger partial charge < -0.3 is 14.6 Å². The molecule has 0 aromatic rings. The van der Waals surface area contributed by atoms with Gasteiger partial charge in [0.1, 0.15) is 0 Å². The van der Waals surface area contributed by atoms with Crippen molar-refractivity contribution in [1.29, 1.82) is 0 Å². The van der Waals surface area contributed by atoms with E-state index in [0.29, 0.717) is 26.1 Å². The minimum absolute atomic E-state index is 0.176. The van der Waals surface area contributed by atoms with Gasteiger partial charge in [-0.15, -0.1) is 6.58 Å². The van der Waals surface area contributed by atoms with Crippen LogP contribution in [-0.2, 0) is 9.47 Å². The van der Waals surface area contributed by atoms with Crippen molar-refractivity contribution in [3.8, 4) is 0 Å². The van der Waals surface area contributed by atoms with Crippen molar-refractivity contribution in [1.82, 2.24) is 0 Å². The van der Waals surface area contributed by atoms with Gasteiger partial charge in [-0.2, -0.15) is 0 Å². The highest BCUT2D eigenvalue weighted by atomic mass is 16.7. The second kappa shape index (κ2) is 5.30. The van der Waals surface area contributed by atoms with Crippen LogP contribution in [-0.4, -0.2) is 29.7 Å². The fraction of sp³-hybridized carbons (Fsp3) is 0.846. The minimum Gasteiger partial charge on any atom is -0.390 e. The number of ether oxygens (including phenoxy) is 2. The van der Waals surface area contributed by atoms with E-state index in [1.807, 2.05) is 6.92 Å². The van der Waals surface area contributed by atoms with Crippen molar-refractivity contribution in [2.75, 3.05) is 13.2 Å². The highest BCUT2D eigenvalue weighted by Crippen LogP contribution is 2.36. The molecule has 94 valence electrons. The first-order valence-corrected chi connectivity index (χ1v) is 6.07. The molecule has 16 heavy (non-hydrogen) atoms. The molecule has 0 amide bonds. The number of hydrogen-bond acceptors (Lipinski definition) is 3. The summed E-state index contributed by atoms with van der Waals surface area (Å²) in [4.78, 5) is 0. The third-order valence-electron chi connectivity index (χ3n) is 3.35. The molecule has 1 N–H and O–H groups in total. The van der Waals surface area contributed by atoms with Gasteiger partial charge >= 0.3 is 0 Å². The third kappa shape index (κ3) is 3.06. The molecule has 0 radical (unpaired) electrons. The van der Waals surface area contributed by atoms with Crippen LogP contribution in [0.3, 0.4) is 0 Å². The molecule has 1 aliphatic rings. The fourth-order valence-electron chi connectivity index (χ4n) is 2.52. The van der Waals surface area contributed by atoms with Crippen LogP contribution in [0.25, 0.3) is 0 Å². The lowest BCUT2D eigenvalue weighted by atomic mass is 9.84. The Morgan fingerprint density at radius 1 is 1.50 bits per heavy atom. The Kier molecular flexibility index (Phi) is 4.53. The van der Waals surface area contributed by atoms with Crippen LogP contribution in [0, 0.1) is 5.92 Å². The predicted molar refractivity (Wildman–Crippen MR) is 64.1 cm³/mol. The summed E-state index contributed by atoms with van der Waals surface area (Å²) in [7, 11) is 0. The summed E-state index contributed by atoms with van der Waals surface area (Å²) in [6.45, 7) is 10.9. The standard InChI is InChI=1S/C13H24O3/c1-5-7-12(4,14)10-11(3)13(6-2)15-8-9-16-13/h5,11,14H,1,6-10H2,2-4H3. The summed E-state index contributed by atoms with van der Waals surface area (Å²) in [6.07, 6.45) is 3.82. The van der Waals surface area contributed by atoms with Crippen molar-refractivity contribution in [2.45, 2.75) is 51.4 Å². The van der Waals surface area contributed by atoms with Crippen LogP contribution < -0.4 is 0 Å². The smallest absolute Gasteiger partial charge is 0.170 e. The minimum atomic E-state index is -0.724.